The molecular formula is C22H31N3O3S. The molecule has 29 heavy (non-hydrogen) atoms. The third kappa shape index (κ3) is 6.22. The maximum absolute atomic E-state index is 12.6. The van der Waals surface area contributed by atoms with Crippen LogP contribution in [0.3, 0.4) is 0 Å². The minimum Gasteiger partial charge on any atom is -0.375 e. The second-order valence-electron chi connectivity index (χ2n) is 7.41. The molecule has 2 rings (SSSR count). The van der Waals surface area contributed by atoms with Gasteiger partial charge in [0.2, 0.25) is 15.9 Å². The number of benzene rings is 2. The van der Waals surface area contributed by atoms with Crippen molar-refractivity contribution in [2.75, 3.05) is 35.6 Å². The fourth-order valence-corrected chi connectivity index (χ4v) is 4.33. The number of hydrogen-bond donors (Lipinski definition) is 1. The fourth-order valence-electron chi connectivity index (χ4n) is 3.16. The van der Waals surface area contributed by atoms with Crippen LogP contribution >= 0.6 is 0 Å². The number of carbonyl (C=O) groups excluding carboxylic acids is 1. The maximum Gasteiger partial charge on any atom is 0.243 e. The van der Waals surface area contributed by atoms with Crippen LogP contribution in [-0.4, -0.2) is 46.8 Å². The largest absolute Gasteiger partial charge is 0.375 e. The number of carbonyl (C=O) groups is 1. The average Bonchev–Trinajstić information content (AvgIpc) is 2.67. The summed E-state index contributed by atoms with van der Waals surface area (Å²) in [5.74, 6) is -0.309. The molecule has 0 aromatic heterocycles. The number of rotatable bonds is 9. The Hall–Kier alpha value is -2.54. The van der Waals surface area contributed by atoms with E-state index in [0.717, 1.165) is 36.0 Å². The van der Waals surface area contributed by atoms with Gasteiger partial charge in [-0.3, -0.25) is 9.10 Å². The van der Waals surface area contributed by atoms with Gasteiger partial charge in [0.05, 0.1) is 11.9 Å². The van der Waals surface area contributed by atoms with Crippen LogP contribution in [0.1, 0.15) is 24.5 Å². The van der Waals surface area contributed by atoms with Gasteiger partial charge in [0.15, 0.2) is 0 Å². The highest BCUT2D eigenvalue weighted by Crippen LogP contribution is 2.23. The van der Waals surface area contributed by atoms with E-state index in [1.165, 1.54) is 4.31 Å². The van der Waals surface area contributed by atoms with Crippen molar-refractivity contribution in [1.82, 2.24) is 5.32 Å². The van der Waals surface area contributed by atoms with Gasteiger partial charge in [-0.1, -0.05) is 24.3 Å². The summed E-state index contributed by atoms with van der Waals surface area (Å²) in [4.78, 5) is 14.8. The van der Waals surface area contributed by atoms with Crippen molar-refractivity contribution in [2.24, 2.45) is 0 Å². The molecule has 0 aliphatic heterocycles. The van der Waals surface area contributed by atoms with Gasteiger partial charge in [-0.05, 0) is 62.6 Å². The molecule has 2 aromatic carbocycles. The molecule has 2 aromatic rings. The highest BCUT2D eigenvalue weighted by molar-refractivity contribution is 7.92. The van der Waals surface area contributed by atoms with E-state index in [2.05, 4.69) is 10.2 Å². The summed E-state index contributed by atoms with van der Waals surface area (Å²) in [6.07, 6.45) is 1.88. The predicted molar refractivity (Wildman–Crippen MR) is 120 cm³/mol. The van der Waals surface area contributed by atoms with Gasteiger partial charge in [0.1, 0.15) is 6.04 Å². The zero-order chi connectivity index (χ0) is 21.6. The maximum atomic E-state index is 12.6. The molecule has 0 bridgehead atoms. The van der Waals surface area contributed by atoms with Crippen LogP contribution in [0.5, 0.6) is 0 Å². The second kappa shape index (κ2) is 9.78. The Bertz CT molecular complexity index is 930. The van der Waals surface area contributed by atoms with Crippen molar-refractivity contribution in [3.8, 4) is 0 Å². The first-order valence-electron chi connectivity index (χ1n) is 9.72. The fraction of sp³-hybridized carbons (Fsp3) is 0.409. The van der Waals surface area contributed by atoms with Gasteiger partial charge >= 0.3 is 0 Å². The predicted octanol–water partition coefficient (Wildman–Crippen LogP) is 3.10. The third-order valence-electron chi connectivity index (χ3n) is 5.00. The van der Waals surface area contributed by atoms with Gasteiger partial charge in [-0.15, -0.1) is 0 Å². The average molecular weight is 418 g/mol. The van der Waals surface area contributed by atoms with E-state index in [0.29, 0.717) is 12.2 Å². The number of amides is 1. The molecule has 0 fully saturated rings. The molecule has 6 nitrogen and oxygen atoms in total. The lowest BCUT2D eigenvalue weighted by Gasteiger charge is -2.29. The van der Waals surface area contributed by atoms with Crippen LogP contribution in [0.2, 0.25) is 0 Å². The lowest BCUT2D eigenvalue weighted by atomic mass is 10.1. The SMILES string of the molecule is Cc1ccc(N(C(C)C(=O)NCCCN(C)c2ccccc2)S(C)(=O)=O)cc1C. The summed E-state index contributed by atoms with van der Waals surface area (Å²) in [5, 5.41) is 2.87. The zero-order valence-electron chi connectivity index (χ0n) is 17.8. The molecule has 1 unspecified atom stereocenters. The number of nitrogens with zero attached hydrogens (tertiary/aromatic N) is 2. The molecule has 0 saturated heterocycles. The van der Waals surface area contributed by atoms with E-state index < -0.39 is 16.1 Å². The number of aryl methyl sites for hydroxylation is 2. The van der Waals surface area contributed by atoms with E-state index in [4.69, 9.17) is 0 Å². The van der Waals surface area contributed by atoms with Gasteiger partial charge in [0, 0.05) is 25.8 Å². The Balaban J connectivity index is 1.98. The minimum absolute atomic E-state index is 0.309. The molecule has 0 spiro atoms. The van der Waals surface area contributed by atoms with Crippen molar-refractivity contribution in [3.63, 3.8) is 0 Å². The number of para-hydroxylation sites is 1. The normalized spacial score (nSPS) is 12.3. The van der Waals surface area contributed by atoms with Crippen molar-refractivity contribution in [1.29, 1.82) is 0 Å². The van der Waals surface area contributed by atoms with Gasteiger partial charge < -0.3 is 10.2 Å². The molecule has 0 radical (unpaired) electrons. The standard InChI is InChI=1S/C22H31N3O3S/c1-17-12-13-21(16-18(17)2)25(29(5,27)28)19(3)22(26)23-14-9-15-24(4)20-10-7-6-8-11-20/h6-8,10-13,16,19H,9,14-15H2,1-5H3,(H,23,26). The molecule has 0 heterocycles. The van der Waals surface area contributed by atoms with Crippen LogP contribution in [0.25, 0.3) is 0 Å². The second-order valence-corrected chi connectivity index (χ2v) is 9.26. The van der Waals surface area contributed by atoms with Crippen LogP contribution < -0.4 is 14.5 Å². The van der Waals surface area contributed by atoms with Crippen LogP contribution in [0, 0.1) is 13.8 Å². The highest BCUT2D eigenvalue weighted by atomic mass is 32.2. The van der Waals surface area contributed by atoms with Crippen molar-refractivity contribution in [3.05, 3.63) is 59.7 Å². The van der Waals surface area contributed by atoms with E-state index in [1.807, 2.05) is 57.3 Å². The van der Waals surface area contributed by atoms with Gasteiger partial charge in [-0.25, -0.2) is 8.42 Å². The summed E-state index contributed by atoms with van der Waals surface area (Å²) in [6.45, 7) is 6.76. The first-order valence-corrected chi connectivity index (χ1v) is 11.6. The summed E-state index contributed by atoms with van der Waals surface area (Å²) >= 11 is 0. The lowest BCUT2D eigenvalue weighted by Crippen LogP contribution is -2.48. The Kier molecular flexibility index (Phi) is 7.67. The van der Waals surface area contributed by atoms with E-state index in [-0.39, 0.29) is 5.91 Å². The molecule has 1 atom stereocenters. The van der Waals surface area contributed by atoms with Crippen molar-refractivity contribution < 1.29 is 13.2 Å². The number of sulfonamides is 1. The smallest absolute Gasteiger partial charge is 0.243 e. The minimum atomic E-state index is -3.61. The third-order valence-corrected chi connectivity index (χ3v) is 6.24. The highest BCUT2D eigenvalue weighted by Gasteiger charge is 2.29. The van der Waals surface area contributed by atoms with Crippen molar-refractivity contribution in [2.45, 2.75) is 33.2 Å². The molecule has 0 aliphatic carbocycles. The number of nitrogens with one attached hydrogen (secondary N) is 1. The Morgan fingerprint density at radius 1 is 1.03 bits per heavy atom. The summed E-state index contributed by atoms with van der Waals surface area (Å²) in [5.41, 5.74) is 3.67. The Morgan fingerprint density at radius 3 is 2.28 bits per heavy atom. The molecular weight excluding hydrogens is 386 g/mol. The van der Waals surface area contributed by atoms with Crippen LogP contribution in [0.15, 0.2) is 48.5 Å². The summed E-state index contributed by atoms with van der Waals surface area (Å²) < 4.78 is 26.0. The topological polar surface area (TPSA) is 69.7 Å². The molecule has 1 N–H and O–H groups in total. The molecule has 158 valence electrons. The van der Waals surface area contributed by atoms with Crippen molar-refractivity contribution >= 4 is 27.3 Å². The first kappa shape index (κ1) is 22.7. The Labute approximate surface area is 174 Å². The van der Waals surface area contributed by atoms with Gasteiger partial charge in [0.25, 0.3) is 0 Å². The quantitative estimate of drug-likeness (QED) is 0.637. The van der Waals surface area contributed by atoms with Crippen LogP contribution in [0.4, 0.5) is 11.4 Å². The molecule has 1 amide bonds. The van der Waals surface area contributed by atoms with E-state index in [9.17, 15) is 13.2 Å². The molecule has 0 saturated carbocycles. The lowest BCUT2D eigenvalue weighted by molar-refractivity contribution is -0.121. The van der Waals surface area contributed by atoms with Crippen LogP contribution in [-0.2, 0) is 14.8 Å². The Morgan fingerprint density at radius 2 is 1.69 bits per heavy atom. The summed E-state index contributed by atoms with van der Waals surface area (Å²) in [6, 6.07) is 14.6. The molecule has 0 aliphatic rings. The van der Waals surface area contributed by atoms with E-state index >= 15 is 0 Å². The zero-order valence-corrected chi connectivity index (χ0v) is 18.7. The van der Waals surface area contributed by atoms with E-state index in [1.54, 1.807) is 19.1 Å². The van der Waals surface area contributed by atoms with Gasteiger partial charge in [-0.2, -0.15) is 0 Å². The summed E-state index contributed by atoms with van der Waals surface area (Å²) in [7, 11) is -1.60. The first-order chi connectivity index (χ1) is 13.6. The monoisotopic (exact) mass is 417 g/mol. The molecule has 7 heteroatoms. The number of anilines is 2. The number of hydrogen-bond acceptors (Lipinski definition) is 4.